The smallest absolute Gasteiger partial charge is 0.300 e. The number of ketones is 1. The van der Waals surface area contributed by atoms with E-state index in [4.69, 9.17) is 0 Å². The topological polar surface area (TPSA) is 146 Å². The Labute approximate surface area is 82.3 Å². The van der Waals surface area contributed by atoms with Gasteiger partial charge in [-0.1, -0.05) is 0 Å². The number of hydrogen-bond acceptors (Lipinski definition) is 7. The predicted octanol–water partition coefficient (Wildman–Crippen LogP) is -0.161. The molecule has 84 valence electrons. The molecule has 0 fully saturated rings. The van der Waals surface area contributed by atoms with Crippen molar-refractivity contribution in [1.82, 2.24) is 0 Å². The zero-order chi connectivity index (χ0) is 12.2. The van der Waals surface area contributed by atoms with Crippen molar-refractivity contribution >= 4 is 5.78 Å². The van der Waals surface area contributed by atoms with E-state index in [1.807, 2.05) is 0 Å². The van der Waals surface area contributed by atoms with E-state index < -0.39 is 39.2 Å². The van der Waals surface area contributed by atoms with Crippen LogP contribution in [0.2, 0.25) is 0 Å². The SMILES string of the molecule is CC(=O)CCC([N+](=O)[O-])([N+](=O)[O-])[N+](=O)[O-]. The van der Waals surface area contributed by atoms with Gasteiger partial charge in [-0.05, 0) is 6.92 Å². The van der Waals surface area contributed by atoms with Crippen molar-refractivity contribution in [1.29, 1.82) is 0 Å². The van der Waals surface area contributed by atoms with Crippen LogP contribution in [0, 0.1) is 30.3 Å². The summed E-state index contributed by atoms with van der Waals surface area (Å²) in [6.45, 7) is 1.03. The summed E-state index contributed by atoms with van der Waals surface area (Å²) in [7, 11) is 0. The highest BCUT2D eigenvalue weighted by atomic mass is 16.7. The van der Waals surface area contributed by atoms with Gasteiger partial charge in [0.05, 0.1) is 0 Å². The molecule has 0 aromatic heterocycles. The summed E-state index contributed by atoms with van der Waals surface area (Å²) in [5.41, 5.74) is 0. The fraction of sp³-hybridized carbons (Fsp3) is 0.800. The lowest BCUT2D eigenvalue weighted by molar-refractivity contribution is -0.970. The molecule has 10 nitrogen and oxygen atoms in total. The molecular formula is C5H7N3O7. The molecule has 0 bridgehead atoms. The van der Waals surface area contributed by atoms with E-state index in [2.05, 4.69) is 0 Å². The van der Waals surface area contributed by atoms with Crippen LogP contribution in [-0.4, -0.2) is 26.3 Å². The van der Waals surface area contributed by atoms with Crippen molar-refractivity contribution in [3.63, 3.8) is 0 Å². The maximum Gasteiger partial charge on any atom is 0.700 e. The zero-order valence-corrected chi connectivity index (χ0v) is 7.61. The van der Waals surface area contributed by atoms with Crippen LogP contribution >= 0.6 is 0 Å². The van der Waals surface area contributed by atoms with E-state index in [9.17, 15) is 35.1 Å². The standard InChI is InChI=1S/C5H7N3O7/c1-4(9)2-3-5(6(10)11,7(12)13)8(14)15/h2-3H2,1H3. The van der Waals surface area contributed by atoms with E-state index in [0.29, 0.717) is 0 Å². The highest BCUT2D eigenvalue weighted by molar-refractivity contribution is 5.75. The summed E-state index contributed by atoms with van der Waals surface area (Å²) in [5.74, 6) is -4.11. The largest absolute Gasteiger partial charge is 0.700 e. The normalized spacial score (nSPS) is 10.7. The second kappa shape index (κ2) is 4.39. The van der Waals surface area contributed by atoms with Gasteiger partial charge in [0.25, 0.3) is 0 Å². The van der Waals surface area contributed by atoms with Crippen molar-refractivity contribution in [3.8, 4) is 0 Å². The Morgan fingerprint density at radius 3 is 1.60 bits per heavy atom. The molecule has 0 aromatic rings. The summed E-state index contributed by atoms with van der Waals surface area (Å²) >= 11 is 0. The van der Waals surface area contributed by atoms with Gasteiger partial charge in [0.2, 0.25) is 0 Å². The van der Waals surface area contributed by atoms with E-state index in [0.717, 1.165) is 6.92 Å². The van der Waals surface area contributed by atoms with Gasteiger partial charge in [-0.3, -0.25) is 30.3 Å². The molecule has 0 aromatic carbocycles. The third-order valence-electron chi connectivity index (χ3n) is 1.69. The summed E-state index contributed by atoms with van der Waals surface area (Å²) in [6, 6.07) is 0. The molecule has 15 heavy (non-hydrogen) atoms. The Bertz CT molecular complexity index is 289. The molecule has 0 unspecified atom stereocenters. The highest BCUT2D eigenvalue weighted by Gasteiger charge is 2.69. The van der Waals surface area contributed by atoms with Gasteiger partial charge in [0.15, 0.2) is 21.2 Å². The summed E-state index contributed by atoms with van der Waals surface area (Å²) in [6.07, 6.45) is -1.65. The number of rotatable bonds is 6. The fourth-order valence-electron chi connectivity index (χ4n) is 0.818. The van der Waals surface area contributed by atoms with Crippen molar-refractivity contribution in [2.24, 2.45) is 0 Å². The highest BCUT2D eigenvalue weighted by Crippen LogP contribution is 2.19. The number of hydrogen-bond donors (Lipinski definition) is 0. The molecule has 0 radical (unpaired) electrons. The molecule has 0 aliphatic carbocycles. The van der Waals surface area contributed by atoms with E-state index in [1.54, 1.807) is 0 Å². The summed E-state index contributed by atoms with van der Waals surface area (Å²) < 4.78 is 0. The molecule has 0 spiro atoms. The van der Waals surface area contributed by atoms with Gasteiger partial charge in [0.1, 0.15) is 5.78 Å². The van der Waals surface area contributed by atoms with Gasteiger partial charge < -0.3 is 4.79 Å². The van der Waals surface area contributed by atoms with Crippen LogP contribution in [0.5, 0.6) is 0 Å². The zero-order valence-electron chi connectivity index (χ0n) is 7.61. The van der Waals surface area contributed by atoms with Gasteiger partial charge in [-0.2, -0.15) is 0 Å². The molecule has 0 saturated heterocycles. The Balaban J connectivity index is 5.15. The van der Waals surface area contributed by atoms with Crippen molar-refractivity contribution in [2.75, 3.05) is 0 Å². The summed E-state index contributed by atoms with van der Waals surface area (Å²) in [4.78, 5) is 36.7. The van der Waals surface area contributed by atoms with Crippen LogP contribution in [0.4, 0.5) is 0 Å². The minimum Gasteiger partial charge on any atom is -0.300 e. The first-order valence-corrected chi connectivity index (χ1v) is 3.68. The van der Waals surface area contributed by atoms with E-state index >= 15 is 0 Å². The van der Waals surface area contributed by atoms with Crippen LogP contribution in [0.1, 0.15) is 19.8 Å². The molecule has 0 aliphatic rings. The van der Waals surface area contributed by atoms with Crippen LogP contribution in [-0.2, 0) is 4.79 Å². The van der Waals surface area contributed by atoms with E-state index in [-0.39, 0.29) is 0 Å². The first-order valence-electron chi connectivity index (χ1n) is 3.68. The molecule has 0 heterocycles. The minimum atomic E-state index is -3.52. The fourth-order valence-corrected chi connectivity index (χ4v) is 0.818. The van der Waals surface area contributed by atoms with Crippen molar-refractivity contribution in [3.05, 3.63) is 30.3 Å². The first-order chi connectivity index (χ1) is 6.75. The van der Waals surface area contributed by atoms with Crippen LogP contribution < -0.4 is 0 Å². The molecule has 0 atom stereocenters. The van der Waals surface area contributed by atoms with E-state index in [1.165, 1.54) is 0 Å². The number of carbonyl (C=O) groups is 1. The van der Waals surface area contributed by atoms with Crippen molar-refractivity contribution in [2.45, 2.75) is 25.6 Å². The monoisotopic (exact) mass is 221 g/mol. The molecule has 0 N–H and O–H groups in total. The van der Waals surface area contributed by atoms with Crippen LogP contribution in [0.3, 0.4) is 0 Å². The number of carbonyl (C=O) groups excluding carboxylic acids is 1. The molecule has 0 aliphatic heterocycles. The lowest BCUT2D eigenvalue weighted by Crippen LogP contribution is -2.53. The Hall–Kier alpha value is -2.13. The maximum absolute atomic E-state index is 10.5. The molecule has 0 rings (SSSR count). The predicted molar refractivity (Wildman–Crippen MR) is 43.6 cm³/mol. The first kappa shape index (κ1) is 12.9. The average molecular weight is 221 g/mol. The third kappa shape index (κ3) is 2.42. The van der Waals surface area contributed by atoms with Crippen molar-refractivity contribution < 1.29 is 19.6 Å². The van der Waals surface area contributed by atoms with Gasteiger partial charge in [0, 0.05) is 6.42 Å². The Morgan fingerprint density at radius 2 is 1.40 bits per heavy atom. The number of Topliss-reactive ketones (excluding diaryl/α,β-unsaturated/α-hetero) is 1. The van der Waals surface area contributed by atoms with Gasteiger partial charge in [-0.25, -0.2) is 0 Å². The van der Waals surface area contributed by atoms with Gasteiger partial charge in [-0.15, -0.1) is 0 Å². The molecule has 0 amide bonds. The number of nitro groups is 3. The quantitative estimate of drug-likeness (QED) is 0.343. The molecule has 0 saturated carbocycles. The van der Waals surface area contributed by atoms with Gasteiger partial charge >= 0.3 is 5.79 Å². The maximum atomic E-state index is 10.5. The summed E-state index contributed by atoms with van der Waals surface area (Å²) in [5, 5.41) is 31.0. The lowest BCUT2D eigenvalue weighted by atomic mass is 10.1. The number of nitrogens with zero attached hydrogens (tertiary/aromatic N) is 3. The average Bonchev–Trinajstić information content (AvgIpc) is 2.02. The molecular weight excluding hydrogens is 214 g/mol. The van der Waals surface area contributed by atoms with Crippen LogP contribution in [0.25, 0.3) is 0 Å². The lowest BCUT2D eigenvalue weighted by Gasteiger charge is -2.07. The Morgan fingerprint density at radius 1 is 1.07 bits per heavy atom. The molecule has 10 heteroatoms. The minimum absolute atomic E-state index is 0.593. The second-order valence-corrected chi connectivity index (χ2v) is 2.75. The van der Waals surface area contributed by atoms with Crippen LogP contribution in [0.15, 0.2) is 0 Å². The second-order valence-electron chi connectivity index (χ2n) is 2.75. The Kier molecular flexibility index (Phi) is 3.77. The third-order valence-corrected chi connectivity index (χ3v) is 1.69.